The first-order valence-electron chi connectivity index (χ1n) is 3.41. The van der Waals surface area contributed by atoms with E-state index >= 15 is 0 Å². The number of anilines is 3. The van der Waals surface area contributed by atoms with Crippen LogP contribution in [0.25, 0.3) is 0 Å². The molecule has 0 unspecified atom stereocenters. The number of aromatic nitrogens is 2. The molecule has 0 saturated heterocycles. The molecule has 4 N–H and O–H groups in total. The van der Waals surface area contributed by atoms with Gasteiger partial charge in [-0.25, -0.2) is 9.97 Å². The lowest BCUT2D eigenvalue weighted by Gasteiger charge is -2.17. The standard InChI is InChI=1S/C6H7N5O/c7-5-4-6(10-2-9-5)11-3(12)1-8-4/h2,8H,1H2,(H3,7,9,10,11,12). The number of rotatable bonds is 0. The summed E-state index contributed by atoms with van der Waals surface area (Å²) >= 11 is 0. The topological polar surface area (TPSA) is 92.9 Å². The van der Waals surface area contributed by atoms with Crippen LogP contribution in [-0.4, -0.2) is 22.4 Å². The van der Waals surface area contributed by atoms with E-state index < -0.39 is 0 Å². The molecule has 6 nitrogen and oxygen atoms in total. The van der Waals surface area contributed by atoms with E-state index in [1.54, 1.807) is 0 Å². The molecular weight excluding hydrogens is 158 g/mol. The van der Waals surface area contributed by atoms with Crippen molar-refractivity contribution in [1.29, 1.82) is 0 Å². The maximum atomic E-state index is 10.9. The predicted octanol–water partition coefficient (Wildman–Crippen LogP) is -0.577. The van der Waals surface area contributed by atoms with E-state index in [1.807, 2.05) is 0 Å². The summed E-state index contributed by atoms with van der Waals surface area (Å²) in [5, 5.41) is 5.39. The number of nitrogens with one attached hydrogen (secondary N) is 2. The summed E-state index contributed by atoms with van der Waals surface area (Å²) in [7, 11) is 0. The van der Waals surface area contributed by atoms with Gasteiger partial charge in [-0.3, -0.25) is 4.79 Å². The van der Waals surface area contributed by atoms with Crippen LogP contribution in [0.15, 0.2) is 6.33 Å². The Balaban J connectivity index is 2.48. The number of nitrogens with two attached hydrogens (primary N) is 1. The quantitative estimate of drug-likeness (QED) is 0.478. The fraction of sp³-hybridized carbons (Fsp3) is 0.167. The van der Waals surface area contributed by atoms with Crippen molar-refractivity contribution >= 4 is 23.2 Å². The van der Waals surface area contributed by atoms with Crippen LogP contribution < -0.4 is 16.4 Å². The number of hydrogen-bond acceptors (Lipinski definition) is 5. The molecule has 6 heteroatoms. The highest BCUT2D eigenvalue weighted by atomic mass is 16.2. The van der Waals surface area contributed by atoms with Crippen LogP contribution in [0.5, 0.6) is 0 Å². The smallest absolute Gasteiger partial charge is 0.244 e. The Hall–Kier alpha value is -1.85. The minimum atomic E-state index is -0.124. The summed E-state index contributed by atoms with van der Waals surface area (Å²) in [6.45, 7) is 0.213. The van der Waals surface area contributed by atoms with Crippen molar-refractivity contribution in [2.75, 3.05) is 22.9 Å². The van der Waals surface area contributed by atoms with Gasteiger partial charge < -0.3 is 16.4 Å². The second-order valence-corrected chi connectivity index (χ2v) is 2.38. The molecule has 0 aliphatic carbocycles. The van der Waals surface area contributed by atoms with E-state index in [9.17, 15) is 4.79 Å². The number of nitrogens with zero attached hydrogens (tertiary/aromatic N) is 2. The highest BCUT2D eigenvalue weighted by Crippen LogP contribution is 2.25. The van der Waals surface area contributed by atoms with Crippen molar-refractivity contribution in [2.24, 2.45) is 0 Å². The first-order chi connectivity index (χ1) is 5.77. The molecule has 1 aliphatic heterocycles. The number of carbonyl (C=O) groups is 1. The Morgan fingerprint density at radius 1 is 1.50 bits per heavy atom. The molecule has 1 aromatic rings. The Bertz CT molecular complexity index is 337. The van der Waals surface area contributed by atoms with Crippen LogP contribution >= 0.6 is 0 Å². The second-order valence-electron chi connectivity index (χ2n) is 2.38. The van der Waals surface area contributed by atoms with Crippen molar-refractivity contribution in [3.63, 3.8) is 0 Å². The van der Waals surface area contributed by atoms with E-state index in [-0.39, 0.29) is 12.5 Å². The average Bonchev–Trinajstić information content (AvgIpc) is 2.04. The Labute approximate surface area is 68.2 Å². The number of hydrogen-bond donors (Lipinski definition) is 3. The highest BCUT2D eigenvalue weighted by molar-refractivity contribution is 6.01. The lowest BCUT2D eigenvalue weighted by Crippen LogP contribution is -2.28. The van der Waals surface area contributed by atoms with Gasteiger partial charge in [-0.05, 0) is 0 Å². The fourth-order valence-electron chi connectivity index (χ4n) is 1.01. The molecule has 62 valence electrons. The number of nitrogen functional groups attached to an aromatic ring is 1. The minimum Gasteiger partial charge on any atom is -0.382 e. The monoisotopic (exact) mass is 165 g/mol. The zero-order chi connectivity index (χ0) is 8.55. The molecular formula is C6H7N5O. The lowest BCUT2D eigenvalue weighted by atomic mass is 10.3. The Morgan fingerprint density at radius 2 is 2.33 bits per heavy atom. The van der Waals surface area contributed by atoms with E-state index in [0.29, 0.717) is 17.3 Å². The summed E-state index contributed by atoms with van der Waals surface area (Å²) < 4.78 is 0. The second kappa shape index (κ2) is 2.33. The molecule has 0 radical (unpaired) electrons. The SMILES string of the molecule is Nc1ncnc2c1NCC(=O)N2. The maximum Gasteiger partial charge on any atom is 0.244 e. The van der Waals surface area contributed by atoms with Crippen LogP contribution in [-0.2, 0) is 4.79 Å². The third kappa shape index (κ3) is 0.931. The number of fused-ring (bicyclic) bond motifs is 1. The van der Waals surface area contributed by atoms with Crippen LogP contribution in [0.1, 0.15) is 0 Å². The van der Waals surface area contributed by atoms with Crippen molar-refractivity contribution in [1.82, 2.24) is 9.97 Å². The largest absolute Gasteiger partial charge is 0.382 e. The van der Waals surface area contributed by atoms with Gasteiger partial charge in [-0.2, -0.15) is 0 Å². The summed E-state index contributed by atoms with van der Waals surface area (Å²) in [6, 6.07) is 0. The predicted molar refractivity (Wildman–Crippen MR) is 43.6 cm³/mol. The van der Waals surface area contributed by atoms with E-state index in [0.717, 1.165) is 0 Å². The first kappa shape index (κ1) is 6.84. The van der Waals surface area contributed by atoms with Gasteiger partial charge in [-0.15, -0.1) is 0 Å². The molecule has 0 spiro atoms. The van der Waals surface area contributed by atoms with Crippen LogP contribution in [0.3, 0.4) is 0 Å². The molecule has 1 aliphatic rings. The maximum absolute atomic E-state index is 10.9. The van der Waals surface area contributed by atoms with Gasteiger partial charge in [-0.1, -0.05) is 0 Å². The fourth-order valence-corrected chi connectivity index (χ4v) is 1.01. The van der Waals surface area contributed by atoms with Gasteiger partial charge in [0.15, 0.2) is 11.6 Å². The summed E-state index contributed by atoms with van der Waals surface area (Å²) in [6.07, 6.45) is 1.31. The van der Waals surface area contributed by atoms with Gasteiger partial charge in [0.2, 0.25) is 5.91 Å². The van der Waals surface area contributed by atoms with Crippen molar-refractivity contribution in [3.05, 3.63) is 6.33 Å². The van der Waals surface area contributed by atoms with Gasteiger partial charge >= 0.3 is 0 Å². The number of carbonyl (C=O) groups excluding carboxylic acids is 1. The summed E-state index contributed by atoms with van der Waals surface area (Å²) in [5.41, 5.74) is 6.12. The molecule has 0 saturated carbocycles. The van der Waals surface area contributed by atoms with E-state index in [2.05, 4.69) is 20.6 Å². The molecule has 12 heavy (non-hydrogen) atoms. The molecule has 2 heterocycles. The van der Waals surface area contributed by atoms with Crippen LogP contribution in [0.4, 0.5) is 17.3 Å². The lowest BCUT2D eigenvalue weighted by molar-refractivity contribution is -0.114. The minimum absolute atomic E-state index is 0.124. The Kier molecular flexibility index (Phi) is 1.33. The van der Waals surface area contributed by atoms with Gasteiger partial charge in [0.1, 0.15) is 12.0 Å². The third-order valence-corrected chi connectivity index (χ3v) is 1.56. The van der Waals surface area contributed by atoms with E-state index in [1.165, 1.54) is 6.33 Å². The van der Waals surface area contributed by atoms with Crippen molar-refractivity contribution in [2.45, 2.75) is 0 Å². The molecule has 1 aromatic heterocycles. The van der Waals surface area contributed by atoms with Crippen molar-refractivity contribution in [3.8, 4) is 0 Å². The van der Waals surface area contributed by atoms with Crippen molar-refractivity contribution < 1.29 is 4.79 Å². The normalized spacial score (nSPS) is 14.5. The van der Waals surface area contributed by atoms with Gasteiger partial charge in [0.25, 0.3) is 0 Å². The summed E-state index contributed by atoms with van der Waals surface area (Å²) in [4.78, 5) is 18.5. The molecule has 0 bridgehead atoms. The third-order valence-electron chi connectivity index (χ3n) is 1.56. The summed E-state index contributed by atoms with van der Waals surface area (Å²) in [5.74, 6) is 0.666. The molecule has 1 amide bonds. The van der Waals surface area contributed by atoms with Gasteiger partial charge in [0, 0.05) is 0 Å². The van der Waals surface area contributed by atoms with Crippen LogP contribution in [0.2, 0.25) is 0 Å². The zero-order valence-corrected chi connectivity index (χ0v) is 6.16. The van der Waals surface area contributed by atoms with Gasteiger partial charge in [0.05, 0.1) is 6.54 Å². The molecule has 2 rings (SSSR count). The first-order valence-corrected chi connectivity index (χ1v) is 3.41. The Morgan fingerprint density at radius 3 is 3.17 bits per heavy atom. The highest BCUT2D eigenvalue weighted by Gasteiger charge is 2.17. The average molecular weight is 165 g/mol. The molecule has 0 fully saturated rings. The zero-order valence-electron chi connectivity index (χ0n) is 6.16. The molecule has 0 atom stereocenters. The molecule has 0 aromatic carbocycles. The van der Waals surface area contributed by atoms with Crippen LogP contribution in [0, 0.1) is 0 Å². The van der Waals surface area contributed by atoms with E-state index in [4.69, 9.17) is 5.73 Å². The number of amides is 1.